The quantitative estimate of drug-likeness (QED) is 0.685. The van der Waals surface area contributed by atoms with Crippen LogP contribution in [0.4, 0.5) is 0 Å². The van der Waals surface area contributed by atoms with E-state index < -0.39 is 4.33 Å². The lowest BCUT2D eigenvalue weighted by molar-refractivity contribution is 0.631. The van der Waals surface area contributed by atoms with Crippen LogP contribution < -0.4 is 0 Å². The first kappa shape index (κ1) is 11.3. The molecule has 0 bridgehead atoms. The summed E-state index contributed by atoms with van der Waals surface area (Å²) in [7, 11) is 0. The van der Waals surface area contributed by atoms with Crippen LogP contribution in [0, 0.1) is 11.8 Å². The summed E-state index contributed by atoms with van der Waals surface area (Å²) in [5.41, 5.74) is 1.38. The van der Waals surface area contributed by atoms with Gasteiger partial charge in [0.1, 0.15) is 4.33 Å². The fourth-order valence-electron chi connectivity index (χ4n) is 2.38. The second-order valence-electron chi connectivity index (χ2n) is 4.32. The van der Waals surface area contributed by atoms with Gasteiger partial charge in [0.2, 0.25) is 0 Å². The average molecular weight is 243 g/mol. The second-order valence-corrected chi connectivity index (χ2v) is 5.76. The summed E-state index contributed by atoms with van der Waals surface area (Å²) in [6.07, 6.45) is 3.28. The van der Waals surface area contributed by atoms with Gasteiger partial charge in [-0.05, 0) is 30.2 Å². The van der Waals surface area contributed by atoms with E-state index >= 15 is 0 Å². The van der Waals surface area contributed by atoms with E-state index in [9.17, 15) is 0 Å². The highest BCUT2D eigenvalue weighted by atomic mass is 35.5. The maximum Gasteiger partial charge on any atom is 0.124 e. The first-order valence-corrected chi connectivity index (χ1v) is 6.33. The van der Waals surface area contributed by atoms with Crippen LogP contribution in [0.3, 0.4) is 0 Å². The number of hydrogen-bond acceptors (Lipinski definition) is 0. The van der Waals surface area contributed by atoms with Gasteiger partial charge in [0, 0.05) is 0 Å². The Morgan fingerprint density at radius 2 is 1.80 bits per heavy atom. The average Bonchev–Trinajstić information content (AvgIpc) is 2.78. The fraction of sp³-hybridized carbons (Fsp3) is 0.538. The van der Waals surface area contributed by atoms with Crippen molar-refractivity contribution in [2.45, 2.75) is 30.5 Å². The zero-order valence-corrected chi connectivity index (χ0v) is 10.4. The number of aryl methyl sites for hydroxylation is 1. The van der Waals surface area contributed by atoms with E-state index in [4.69, 9.17) is 23.2 Å². The summed E-state index contributed by atoms with van der Waals surface area (Å²) in [5, 5.41) is 0. The SMILES string of the molecule is CC[C@H]1[C@@H](CCc2ccccc2)C1(Cl)Cl. The molecular formula is C13H16Cl2. The summed E-state index contributed by atoms with van der Waals surface area (Å²) < 4.78 is -0.441. The van der Waals surface area contributed by atoms with Crippen LogP contribution >= 0.6 is 23.2 Å². The molecule has 1 aromatic rings. The predicted molar refractivity (Wildman–Crippen MR) is 66.5 cm³/mol. The van der Waals surface area contributed by atoms with Crippen molar-refractivity contribution in [2.24, 2.45) is 11.8 Å². The normalized spacial score (nSPS) is 27.7. The minimum Gasteiger partial charge on any atom is -0.101 e. The van der Waals surface area contributed by atoms with Crippen molar-refractivity contribution in [3.8, 4) is 0 Å². The summed E-state index contributed by atoms with van der Waals surface area (Å²) in [6.45, 7) is 2.16. The summed E-state index contributed by atoms with van der Waals surface area (Å²) in [4.78, 5) is 0. The molecule has 1 aliphatic rings. The molecule has 0 spiro atoms. The molecule has 0 saturated heterocycles. The molecule has 15 heavy (non-hydrogen) atoms. The number of alkyl halides is 2. The Morgan fingerprint density at radius 3 is 2.33 bits per heavy atom. The van der Waals surface area contributed by atoms with Gasteiger partial charge >= 0.3 is 0 Å². The molecule has 1 fully saturated rings. The molecule has 0 aromatic heterocycles. The van der Waals surface area contributed by atoms with Crippen LogP contribution in [0.15, 0.2) is 30.3 Å². The number of benzene rings is 1. The smallest absolute Gasteiger partial charge is 0.101 e. The van der Waals surface area contributed by atoms with E-state index in [-0.39, 0.29) is 0 Å². The highest BCUT2D eigenvalue weighted by Crippen LogP contribution is 2.62. The van der Waals surface area contributed by atoms with E-state index in [2.05, 4.69) is 31.2 Å². The minimum absolute atomic E-state index is 0.441. The molecule has 0 N–H and O–H groups in total. The predicted octanol–water partition coefficient (Wildman–Crippen LogP) is 4.45. The van der Waals surface area contributed by atoms with Gasteiger partial charge in [0.25, 0.3) is 0 Å². The summed E-state index contributed by atoms with van der Waals surface area (Å²) >= 11 is 12.4. The Hall–Kier alpha value is -0.200. The van der Waals surface area contributed by atoms with Crippen molar-refractivity contribution in [2.75, 3.05) is 0 Å². The zero-order chi connectivity index (χ0) is 10.9. The third-order valence-corrected chi connectivity index (χ3v) is 4.51. The molecule has 0 radical (unpaired) electrons. The van der Waals surface area contributed by atoms with E-state index in [1.165, 1.54) is 5.56 Å². The molecule has 1 aliphatic carbocycles. The van der Waals surface area contributed by atoms with Crippen molar-refractivity contribution in [3.63, 3.8) is 0 Å². The largest absolute Gasteiger partial charge is 0.124 e. The molecule has 0 heterocycles. The van der Waals surface area contributed by atoms with E-state index in [1.807, 2.05) is 6.07 Å². The monoisotopic (exact) mass is 242 g/mol. The Bertz CT molecular complexity index is 319. The lowest BCUT2D eigenvalue weighted by Gasteiger charge is -2.00. The van der Waals surface area contributed by atoms with Gasteiger partial charge in [-0.1, -0.05) is 43.7 Å². The number of halogens is 2. The molecule has 82 valence electrons. The van der Waals surface area contributed by atoms with Crippen LogP contribution in [0.25, 0.3) is 0 Å². The third kappa shape index (κ3) is 2.32. The molecule has 2 heteroatoms. The highest BCUT2D eigenvalue weighted by Gasteiger charge is 2.60. The van der Waals surface area contributed by atoms with Gasteiger partial charge in [0.05, 0.1) is 0 Å². The van der Waals surface area contributed by atoms with E-state index in [1.54, 1.807) is 0 Å². The van der Waals surface area contributed by atoms with Gasteiger partial charge in [-0.3, -0.25) is 0 Å². The molecule has 0 aliphatic heterocycles. The van der Waals surface area contributed by atoms with Crippen LogP contribution in [0.5, 0.6) is 0 Å². The van der Waals surface area contributed by atoms with Crippen LogP contribution in [0.1, 0.15) is 25.3 Å². The molecule has 1 saturated carbocycles. The minimum atomic E-state index is -0.441. The number of rotatable bonds is 4. The Kier molecular flexibility index (Phi) is 3.27. The summed E-state index contributed by atoms with van der Waals surface area (Å²) in [5.74, 6) is 0.996. The van der Waals surface area contributed by atoms with Gasteiger partial charge in [0.15, 0.2) is 0 Å². The zero-order valence-electron chi connectivity index (χ0n) is 8.92. The lowest BCUT2D eigenvalue weighted by atomic mass is 10.1. The fourth-order valence-corrected chi connectivity index (χ4v) is 3.39. The van der Waals surface area contributed by atoms with Crippen LogP contribution in [-0.2, 0) is 6.42 Å². The molecule has 2 atom stereocenters. The van der Waals surface area contributed by atoms with E-state index in [0.29, 0.717) is 11.8 Å². The van der Waals surface area contributed by atoms with Crippen LogP contribution in [-0.4, -0.2) is 4.33 Å². The topological polar surface area (TPSA) is 0 Å². The van der Waals surface area contributed by atoms with Crippen molar-refractivity contribution in [1.82, 2.24) is 0 Å². The van der Waals surface area contributed by atoms with Crippen molar-refractivity contribution in [1.29, 1.82) is 0 Å². The van der Waals surface area contributed by atoms with E-state index in [0.717, 1.165) is 19.3 Å². The first-order chi connectivity index (χ1) is 7.16. The Morgan fingerprint density at radius 1 is 1.13 bits per heavy atom. The van der Waals surface area contributed by atoms with Gasteiger partial charge < -0.3 is 0 Å². The maximum atomic E-state index is 6.21. The molecular weight excluding hydrogens is 227 g/mol. The molecule has 1 aromatic carbocycles. The first-order valence-electron chi connectivity index (χ1n) is 5.58. The second kappa shape index (κ2) is 4.35. The molecule has 0 amide bonds. The molecule has 2 rings (SSSR count). The standard InChI is InChI=1S/C13H16Cl2/c1-2-11-12(13(11,14)15)9-8-10-6-4-3-5-7-10/h3-7,11-12H,2,8-9H2,1H3/t11-,12+/m0/s1. The molecule has 0 nitrogen and oxygen atoms in total. The number of hydrogen-bond donors (Lipinski definition) is 0. The molecule has 0 unspecified atom stereocenters. The van der Waals surface area contributed by atoms with Crippen molar-refractivity contribution < 1.29 is 0 Å². The maximum absolute atomic E-state index is 6.21. The van der Waals surface area contributed by atoms with Gasteiger partial charge in [-0.2, -0.15) is 0 Å². The van der Waals surface area contributed by atoms with Crippen LogP contribution in [0.2, 0.25) is 0 Å². The lowest BCUT2D eigenvalue weighted by Crippen LogP contribution is -1.93. The Labute approximate surface area is 102 Å². The van der Waals surface area contributed by atoms with Crippen molar-refractivity contribution >= 4 is 23.2 Å². The van der Waals surface area contributed by atoms with Gasteiger partial charge in [-0.25, -0.2) is 0 Å². The van der Waals surface area contributed by atoms with Gasteiger partial charge in [-0.15, -0.1) is 23.2 Å². The summed E-state index contributed by atoms with van der Waals surface area (Å²) in [6, 6.07) is 10.5. The highest BCUT2D eigenvalue weighted by molar-refractivity contribution is 6.51. The third-order valence-electron chi connectivity index (χ3n) is 3.39. The Balaban J connectivity index is 1.86. The van der Waals surface area contributed by atoms with Crippen molar-refractivity contribution in [3.05, 3.63) is 35.9 Å².